The van der Waals surface area contributed by atoms with E-state index in [2.05, 4.69) is 0 Å². The van der Waals surface area contributed by atoms with E-state index in [0.717, 1.165) is 28.3 Å². The maximum Gasteiger partial charge on any atom is 0.137 e. The van der Waals surface area contributed by atoms with Crippen LogP contribution in [0.4, 0.5) is 4.39 Å². The zero-order valence-electron chi connectivity index (χ0n) is 10.5. The Balaban J connectivity index is 2.73. The average molecular weight is 265 g/mol. The Bertz CT molecular complexity index is 597. The number of hydrogen-bond acceptors (Lipinski definition) is 1. The van der Waals surface area contributed by atoms with Gasteiger partial charge in [-0.3, -0.25) is 0 Å². The van der Waals surface area contributed by atoms with Crippen molar-refractivity contribution in [2.75, 3.05) is 0 Å². The van der Waals surface area contributed by atoms with Crippen LogP contribution in [-0.2, 0) is 0 Å². The second kappa shape index (κ2) is 4.62. The number of phenols is 1. The van der Waals surface area contributed by atoms with Crippen molar-refractivity contribution in [3.63, 3.8) is 0 Å². The summed E-state index contributed by atoms with van der Waals surface area (Å²) in [6.45, 7) is 5.88. The molecule has 0 saturated carbocycles. The number of aromatic hydroxyl groups is 1. The number of halogens is 2. The second-order valence-corrected chi connectivity index (χ2v) is 4.96. The summed E-state index contributed by atoms with van der Waals surface area (Å²) < 4.78 is 14.0. The summed E-state index contributed by atoms with van der Waals surface area (Å²) in [6.07, 6.45) is 0. The Morgan fingerprint density at radius 3 is 2.11 bits per heavy atom. The highest BCUT2D eigenvalue weighted by Gasteiger charge is 2.14. The van der Waals surface area contributed by atoms with Crippen molar-refractivity contribution in [3.8, 4) is 16.9 Å². The van der Waals surface area contributed by atoms with Crippen LogP contribution in [0.15, 0.2) is 24.3 Å². The lowest BCUT2D eigenvalue weighted by Crippen LogP contribution is -1.93. The molecule has 0 unspecified atom stereocenters. The number of rotatable bonds is 1. The molecule has 2 rings (SSSR count). The summed E-state index contributed by atoms with van der Waals surface area (Å²) in [7, 11) is 0. The van der Waals surface area contributed by atoms with Gasteiger partial charge in [-0.1, -0.05) is 29.3 Å². The van der Waals surface area contributed by atoms with Gasteiger partial charge in [0.2, 0.25) is 0 Å². The molecular weight excluding hydrogens is 251 g/mol. The Labute approximate surface area is 111 Å². The molecule has 0 aromatic heterocycles. The van der Waals surface area contributed by atoms with Crippen molar-refractivity contribution in [1.82, 2.24) is 0 Å². The summed E-state index contributed by atoms with van der Waals surface area (Å²) >= 11 is 5.85. The van der Waals surface area contributed by atoms with Crippen LogP contribution in [-0.4, -0.2) is 5.11 Å². The number of phenolic OH excluding ortho intramolecular Hbond substituents is 1. The molecule has 0 bridgehead atoms. The Kier molecular flexibility index (Phi) is 3.31. The molecule has 0 aliphatic carbocycles. The minimum atomic E-state index is -0.466. The highest BCUT2D eigenvalue weighted by Crippen LogP contribution is 2.35. The fourth-order valence-electron chi connectivity index (χ4n) is 2.33. The second-order valence-electron chi connectivity index (χ2n) is 4.56. The maximum absolute atomic E-state index is 14.0. The molecule has 1 nitrogen and oxygen atoms in total. The van der Waals surface area contributed by atoms with Crippen molar-refractivity contribution in [3.05, 3.63) is 51.8 Å². The van der Waals surface area contributed by atoms with Gasteiger partial charge in [-0.25, -0.2) is 4.39 Å². The molecule has 94 valence electrons. The summed E-state index contributed by atoms with van der Waals surface area (Å²) in [5.74, 6) is -0.702. The van der Waals surface area contributed by atoms with E-state index < -0.39 is 5.82 Å². The van der Waals surface area contributed by atoms with Gasteiger partial charge in [-0.15, -0.1) is 0 Å². The normalized spacial score (nSPS) is 10.7. The Morgan fingerprint density at radius 2 is 1.56 bits per heavy atom. The van der Waals surface area contributed by atoms with Gasteiger partial charge in [0.25, 0.3) is 0 Å². The minimum Gasteiger partial charge on any atom is -0.506 e. The molecule has 2 aromatic rings. The molecule has 0 atom stereocenters. The number of benzene rings is 2. The first-order chi connectivity index (χ1) is 8.40. The van der Waals surface area contributed by atoms with Crippen LogP contribution in [0.1, 0.15) is 16.7 Å². The molecule has 2 aromatic carbocycles. The first kappa shape index (κ1) is 12.9. The molecular formula is C15H14ClFO. The minimum absolute atomic E-state index is 0.158. The first-order valence-electron chi connectivity index (χ1n) is 5.66. The molecule has 0 saturated heterocycles. The predicted molar refractivity (Wildman–Crippen MR) is 72.7 cm³/mol. The van der Waals surface area contributed by atoms with E-state index in [0.29, 0.717) is 5.56 Å². The van der Waals surface area contributed by atoms with Crippen LogP contribution in [0, 0.1) is 26.6 Å². The van der Waals surface area contributed by atoms with Crippen molar-refractivity contribution in [2.45, 2.75) is 20.8 Å². The average Bonchev–Trinajstić information content (AvgIpc) is 2.24. The smallest absolute Gasteiger partial charge is 0.137 e. The van der Waals surface area contributed by atoms with E-state index in [9.17, 15) is 9.50 Å². The third-order valence-electron chi connectivity index (χ3n) is 2.98. The van der Waals surface area contributed by atoms with E-state index >= 15 is 0 Å². The number of aryl methyl sites for hydroxylation is 3. The Morgan fingerprint density at radius 1 is 1.00 bits per heavy atom. The van der Waals surface area contributed by atoms with Crippen molar-refractivity contribution >= 4 is 11.6 Å². The molecule has 0 spiro atoms. The lowest BCUT2D eigenvalue weighted by atomic mass is 9.93. The van der Waals surface area contributed by atoms with Crippen LogP contribution in [0.2, 0.25) is 5.02 Å². The maximum atomic E-state index is 14.0. The highest BCUT2D eigenvalue weighted by molar-refractivity contribution is 6.32. The van der Waals surface area contributed by atoms with Gasteiger partial charge in [0.1, 0.15) is 11.6 Å². The van der Waals surface area contributed by atoms with Crippen LogP contribution < -0.4 is 0 Å². The molecule has 0 amide bonds. The lowest BCUT2D eigenvalue weighted by molar-refractivity contribution is 0.469. The van der Waals surface area contributed by atoms with E-state index in [1.165, 1.54) is 6.07 Å². The standard InChI is InChI=1S/C15H14ClFO/c1-8-4-9(2)15(10(3)5-8)11-6-12(16)14(18)7-13(11)17/h4-7,18H,1-3H3. The van der Waals surface area contributed by atoms with Gasteiger partial charge in [0, 0.05) is 11.6 Å². The fourth-order valence-corrected chi connectivity index (χ4v) is 2.50. The molecule has 0 heterocycles. The van der Waals surface area contributed by atoms with Gasteiger partial charge >= 0.3 is 0 Å². The van der Waals surface area contributed by atoms with Crippen LogP contribution in [0.5, 0.6) is 5.75 Å². The quantitative estimate of drug-likeness (QED) is 0.786. The molecule has 0 aliphatic heterocycles. The van der Waals surface area contributed by atoms with Gasteiger partial charge in [0.15, 0.2) is 0 Å². The van der Waals surface area contributed by atoms with Crippen LogP contribution in [0.3, 0.4) is 0 Å². The predicted octanol–water partition coefficient (Wildman–Crippen LogP) is 4.78. The largest absolute Gasteiger partial charge is 0.506 e. The molecule has 1 N–H and O–H groups in total. The van der Waals surface area contributed by atoms with E-state index in [4.69, 9.17) is 11.6 Å². The van der Waals surface area contributed by atoms with Crippen molar-refractivity contribution in [2.24, 2.45) is 0 Å². The van der Waals surface area contributed by atoms with Crippen molar-refractivity contribution < 1.29 is 9.50 Å². The Hall–Kier alpha value is -1.54. The monoisotopic (exact) mass is 264 g/mol. The highest BCUT2D eigenvalue weighted by atomic mass is 35.5. The van der Waals surface area contributed by atoms with Gasteiger partial charge in [0.05, 0.1) is 5.02 Å². The van der Waals surface area contributed by atoms with E-state index in [1.54, 1.807) is 0 Å². The van der Waals surface area contributed by atoms with Crippen molar-refractivity contribution in [1.29, 1.82) is 0 Å². The van der Waals surface area contributed by atoms with E-state index in [-0.39, 0.29) is 10.8 Å². The number of hydrogen-bond donors (Lipinski definition) is 1. The zero-order chi connectivity index (χ0) is 13.4. The van der Waals surface area contributed by atoms with Gasteiger partial charge < -0.3 is 5.11 Å². The molecule has 0 radical (unpaired) electrons. The van der Waals surface area contributed by atoms with Crippen LogP contribution >= 0.6 is 11.6 Å². The zero-order valence-corrected chi connectivity index (χ0v) is 11.3. The third kappa shape index (κ3) is 2.21. The lowest BCUT2D eigenvalue weighted by Gasteiger charge is -2.13. The first-order valence-corrected chi connectivity index (χ1v) is 6.04. The SMILES string of the molecule is Cc1cc(C)c(-c2cc(Cl)c(O)cc2F)c(C)c1. The van der Waals surface area contributed by atoms with Gasteiger partial charge in [-0.2, -0.15) is 0 Å². The molecule has 3 heteroatoms. The molecule has 0 aliphatic rings. The summed E-state index contributed by atoms with van der Waals surface area (Å²) in [4.78, 5) is 0. The molecule has 18 heavy (non-hydrogen) atoms. The summed E-state index contributed by atoms with van der Waals surface area (Å²) in [5.41, 5.74) is 4.38. The van der Waals surface area contributed by atoms with Gasteiger partial charge in [-0.05, 0) is 43.5 Å². The topological polar surface area (TPSA) is 20.2 Å². The summed E-state index contributed by atoms with van der Waals surface area (Å²) in [5, 5.41) is 9.54. The van der Waals surface area contributed by atoms with Crippen LogP contribution in [0.25, 0.3) is 11.1 Å². The van der Waals surface area contributed by atoms with E-state index in [1.807, 2.05) is 32.9 Å². The summed E-state index contributed by atoms with van der Waals surface area (Å²) in [6, 6.07) is 6.53. The molecule has 0 fully saturated rings. The third-order valence-corrected chi connectivity index (χ3v) is 3.29. The fraction of sp³-hybridized carbons (Fsp3) is 0.200.